The van der Waals surface area contributed by atoms with E-state index in [0.29, 0.717) is 51.6 Å². The third-order valence-electron chi connectivity index (χ3n) is 7.12. The number of aromatic amines is 1. The number of rotatable bonds is 6. The van der Waals surface area contributed by atoms with Crippen LogP contribution in [-0.4, -0.2) is 56.5 Å². The molecule has 1 aliphatic rings. The Balaban J connectivity index is 1.45. The summed E-state index contributed by atoms with van der Waals surface area (Å²) in [5, 5.41) is 14.0. The van der Waals surface area contributed by atoms with Crippen LogP contribution in [0.15, 0.2) is 48.8 Å². The lowest BCUT2D eigenvalue weighted by Gasteiger charge is -2.19. The number of halogens is 1. The number of aldehydes is 1. The molecule has 0 bridgehead atoms. The molecule has 2 atom stereocenters. The van der Waals surface area contributed by atoms with Crippen LogP contribution in [0.25, 0.3) is 33.5 Å². The molecule has 0 unspecified atom stereocenters. The van der Waals surface area contributed by atoms with E-state index in [1.54, 1.807) is 17.0 Å². The number of amides is 2. The number of fused-ring (bicyclic) bond motifs is 1. The first-order valence-electron chi connectivity index (χ1n) is 12.7. The number of nitrogens with zero attached hydrogens (tertiary/aromatic N) is 3. The van der Waals surface area contributed by atoms with Gasteiger partial charge in [0.05, 0.1) is 11.8 Å². The van der Waals surface area contributed by atoms with Gasteiger partial charge in [-0.15, -0.1) is 0 Å². The molecule has 0 radical (unpaired) electrons. The van der Waals surface area contributed by atoms with Gasteiger partial charge in [-0.2, -0.15) is 0 Å². The number of aliphatic hydroxyl groups is 1. The first-order valence-corrected chi connectivity index (χ1v) is 12.7. The maximum absolute atomic E-state index is 14.8. The third kappa shape index (κ3) is 5.02. The van der Waals surface area contributed by atoms with E-state index in [-0.39, 0.29) is 18.5 Å². The van der Waals surface area contributed by atoms with Gasteiger partial charge in [-0.3, -0.25) is 4.79 Å². The number of carbonyl (C=O) groups excluding carboxylic acids is 2. The molecule has 1 saturated heterocycles. The van der Waals surface area contributed by atoms with Crippen LogP contribution >= 0.6 is 0 Å². The molecule has 5 rings (SSSR count). The van der Waals surface area contributed by atoms with E-state index in [1.165, 1.54) is 18.5 Å². The molecule has 3 N–H and O–H groups in total. The average molecular weight is 516 g/mol. The quantitative estimate of drug-likeness (QED) is 0.297. The van der Waals surface area contributed by atoms with Crippen molar-refractivity contribution in [1.82, 2.24) is 19.9 Å². The zero-order valence-corrected chi connectivity index (χ0v) is 21.5. The van der Waals surface area contributed by atoms with Gasteiger partial charge in [-0.25, -0.2) is 19.2 Å². The molecular weight excluding hydrogens is 485 g/mol. The van der Waals surface area contributed by atoms with Crippen molar-refractivity contribution in [2.45, 2.75) is 33.3 Å². The highest BCUT2D eigenvalue weighted by molar-refractivity contribution is 5.97. The summed E-state index contributed by atoms with van der Waals surface area (Å²) in [5.74, 6) is -0.0660. The number of hydrogen-bond donors (Lipinski definition) is 3. The molecule has 196 valence electrons. The fourth-order valence-electron chi connectivity index (χ4n) is 5.16. The van der Waals surface area contributed by atoms with Crippen molar-refractivity contribution >= 4 is 29.0 Å². The van der Waals surface area contributed by atoms with Gasteiger partial charge in [0, 0.05) is 46.9 Å². The van der Waals surface area contributed by atoms with Crippen molar-refractivity contribution in [3.8, 4) is 22.5 Å². The van der Waals surface area contributed by atoms with Gasteiger partial charge in [0.25, 0.3) is 0 Å². The highest BCUT2D eigenvalue weighted by Gasteiger charge is 2.34. The van der Waals surface area contributed by atoms with Crippen LogP contribution in [0.1, 0.15) is 36.2 Å². The Morgan fingerprint density at radius 3 is 2.68 bits per heavy atom. The molecule has 2 amide bonds. The Bertz CT molecular complexity index is 1500. The summed E-state index contributed by atoms with van der Waals surface area (Å²) in [5.41, 5.74) is 4.89. The lowest BCUT2D eigenvalue weighted by atomic mass is 9.95. The second kappa shape index (κ2) is 10.3. The first kappa shape index (κ1) is 25.5. The van der Waals surface area contributed by atoms with Gasteiger partial charge in [-0.1, -0.05) is 38.1 Å². The minimum absolute atomic E-state index is 0.0247. The number of benzene rings is 2. The van der Waals surface area contributed by atoms with Crippen LogP contribution < -0.4 is 5.32 Å². The van der Waals surface area contributed by atoms with E-state index in [0.717, 1.165) is 24.0 Å². The van der Waals surface area contributed by atoms with Crippen LogP contribution in [0.3, 0.4) is 0 Å². The summed E-state index contributed by atoms with van der Waals surface area (Å²) in [4.78, 5) is 37.7. The predicted molar refractivity (Wildman–Crippen MR) is 144 cm³/mol. The van der Waals surface area contributed by atoms with Crippen LogP contribution in [0.4, 0.5) is 14.9 Å². The van der Waals surface area contributed by atoms with Crippen LogP contribution in [0.2, 0.25) is 0 Å². The predicted octanol–water partition coefficient (Wildman–Crippen LogP) is 5.42. The van der Waals surface area contributed by atoms with Gasteiger partial charge in [0.15, 0.2) is 0 Å². The van der Waals surface area contributed by atoms with Crippen molar-refractivity contribution in [3.05, 3.63) is 65.7 Å². The maximum atomic E-state index is 14.8. The van der Waals surface area contributed by atoms with Crippen molar-refractivity contribution < 1.29 is 19.1 Å². The number of hydrogen-bond acceptors (Lipinski definition) is 5. The highest BCUT2D eigenvalue weighted by atomic mass is 19.1. The molecule has 8 nitrogen and oxygen atoms in total. The highest BCUT2D eigenvalue weighted by Crippen LogP contribution is 2.35. The summed E-state index contributed by atoms with van der Waals surface area (Å²) in [6, 6.07) is 11.4. The van der Waals surface area contributed by atoms with Crippen molar-refractivity contribution in [2.24, 2.45) is 11.8 Å². The standard InChI is InChI=1S/C29H30FN5O3/c1-16(2)8-20-12-35(13-26(20)37)29(38)34-24-10-21(30)9-22(17(24)3)27-23-11-25(33-28(23)32-15-31-27)19-6-4-18(14-36)5-7-19/h4-7,9-11,14-16,20,26,37H,8,12-13H2,1-3H3,(H,34,38)(H,31,32,33)/t20-,26-/m0/s1. The molecule has 3 heterocycles. The summed E-state index contributed by atoms with van der Waals surface area (Å²) in [7, 11) is 0. The minimum Gasteiger partial charge on any atom is -0.391 e. The number of β-amino-alcohol motifs (C(OH)–C–C–N with tert-alkyl or cyclic N) is 1. The molecule has 1 fully saturated rings. The van der Waals surface area contributed by atoms with Gasteiger partial charge < -0.3 is 20.3 Å². The lowest BCUT2D eigenvalue weighted by molar-refractivity contribution is 0.112. The normalized spacial score (nSPS) is 17.4. The average Bonchev–Trinajstić information content (AvgIpc) is 3.49. The molecule has 0 saturated carbocycles. The maximum Gasteiger partial charge on any atom is 0.321 e. The third-order valence-corrected chi connectivity index (χ3v) is 7.12. The molecule has 2 aromatic heterocycles. The second-order valence-electron chi connectivity index (χ2n) is 10.3. The number of aromatic nitrogens is 3. The van der Waals surface area contributed by atoms with E-state index in [9.17, 15) is 19.1 Å². The van der Waals surface area contributed by atoms with Crippen molar-refractivity contribution in [2.75, 3.05) is 18.4 Å². The van der Waals surface area contributed by atoms with Crippen LogP contribution in [0, 0.1) is 24.6 Å². The summed E-state index contributed by atoms with van der Waals surface area (Å²) in [6.45, 7) is 6.70. The molecule has 4 aromatic rings. The van der Waals surface area contributed by atoms with Crippen molar-refractivity contribution in [3.63, 3.8) is 0 Å². The topological polar surface area (TPSA) is 111 Å². The monoisotopic (exact) mass is 515 g/mol. The smallest absolute Gasteiger partial charge is 0.321 e. The number of likely N-dealkylation sites (tertiary alicyclic amines) is 1. The number of aliphatic hydroxyl groups excluding tert-OH is 1. The fourth-order valence-corrected chi connectivity index (χ4v) is 5.16. The van der Waals surface area contributed by atoms with Gasteiger partial charge in [0.1, 0.15) is 24.1 Å². The SMILES string of the molecule is Cc1c(NC(=O)N2C[C@H](CC(C)C)[C@@H](O)C2)cc(F)cc1-c1ncnc2[nH]c(-c3ccc(C=O)cc3)cc12. The van der Waals surface area contributed by atoms with Crippen LogP contribution in [-0.2, 0) is 0 Å². The Labute approximate surface area is 219 Å². The molecule has 0 spiro atoms. The fraction of sp³-hybridized carbons (Fsp3) is 0.310. The molecule has 1 aliphatic heterocycles. The van der Waals surface area contributed by atoms with Gasteiger partial charge >= 0.3 is 6.03 Å². The minimum atomic E-state index is -0.570. The Kier molecular flexibility index (Phi) is 6.94. The van der Waals surface area contributed by atoms with E-state index >= 15 is 0 Å². The van der Waals surface area contributed by atoms with Crippen molar-refractivity contribution in [1.29, 1.82) is 0 Å². The molecule has 2 aromatic carbocycles. The molecule has 0 aliphatic carbocycles. The molecule has 38 heavy (non-hydrogen) atoms. The van der Waals surface area contributed by atoms with E-state index in [4.69, 9.17) is 0 Å². The van der Waals surface area contributed by atoms with Gasteiger partial charge in [-0.05, 0) is 48.6 Å². The van der Waals surface area contributed by atoms with E-state index in [2.05, 4.69) is 34.1 Å². The molecular formula is C29H30FN5O3. The first-order chi connectivity index (χ1) is 18.2. The second-order valence-corrected chi connectivity index (χ2v) is 10.3. The van der Waals surface area contributed by atoms with Crippen LogP contribution in [0.5, 0.6) is 0 Å². The number of nitrogens with one attached hydrogen (secondary N) is 2. The Hall–Kier alpha value is -4.11. The largest absolute Gasteiger partial charge is 0.391 e. The van der Waals surface area contributed by atoms with E-state index < -0.39 is 11.9 Å². The summed E-state index contributed by atoms with van der Waals surface area (Å²) < 4.78 is 14.8. The molecule has 9 heteroatoms. The zero-order chi connectivity index (χ0) is 27.0. The lowest BCUT2D eigenvalue weighted by Crippen LogP contribution is -2.34. The Morgan fingerprint density at radius 2 is 1.97 bits per heavy atom. The van der Waals surface area contributed by atoms with E-state index in [1.807, 2.05) is 25.1 Å². The summed E-state index contributed by atoms with van der Waals surface area (Å²) in [6.07, 6.45) is 2.46. The zero-order valence-electron chi connectivity index (χ0n) is 21.5. The number of H-pyrrole nitrogens is 1. The Morgan fingerprint density at radius 1 is 1.21 bits per heavy atom. The van der Waals surface area contributed by atoms with Gasteiger partial charge in [0.2, 0.25) is 0 Å². The number of urea groups is 1. The number of carbonyl (C=O) groups is 2. The summed E-state index contributed by atoms with van der Waals surface area (Å²) >= 11 is 0. The number of anilines is 1.